The van der Waals surface area contributed by atoms with Gasteiger partial charge < -0.3 is 0 Å². The molecule has 0 N–H and O–H groups in total. The van der Waals surface area contributed by atoms with Crippen LogP contribution in [-0.4, -0.2) is 0 Å². The number of rotatable bonds is 2. The van der Waals surface area contributed by atoms with Crippen LogP contribution in [0.15, 0.2) is 38.6 Å². The molecule has 1 atom stereocenters. The Labute approximate surface area is 119 Å². The molecule has 0 aliphatic rings. The van der Waals surface area contributed by atoms with E-state index in [1.165, 1.54) is 17.4 Å². The van der Waals surface area contributed by atoms with E-state index in [1.807, 2.05) is 11.4 Å². The van der Waals surface area contributed by atoms with Gasteiger partial charge in [-0.05, 0) is 45.6 Å². The quantitative estimate of drug-likeness (QED) is 0.579. The van der Waals surface area contributed by atoms with Crippen LogP contribution in [0, 0.1) is 5.82 Å². The van der Waals surface area contributed by atoms with Crippen molar-refractivity contribution >= 4 is 54.8 Å². The summed E-state index contributed by atoms with van der Waals surface area (Å²) in [6, 6.07) is 6.69. The molecule has 1 aromatic heterocycles. The lowest BCUT2D eigenvalue weighted by Crippen LogP contribution is -1.95. The van der Waals surface area contributed by atoms with Crippen molar-refractivity contribution < 1.29 is 4.39 Å². The first-order valence-corrected chi connectivity index (χ1v) is 7.31. The van der Waals surface area contributed by atoms with Gasteiger partial charge in [0.2, 0.25) is 0 Å². The minimum absolute atomic E-state index is 0.288. The lowest BCUT2D eigenvalue weighted by Gasteiger charge is -2.10. The van der Waals surface area contributed by atoms with Gasteiger partial charge in [0.1, 0.15) is 5.82 Å². The second-order valence-electron chi connectivity index (χ2n) is 3.16. The van der Waals surface area contributed by atoms with Gasteiger partial charge in [-0.25, -0.2) is 4.39 Å². The fourth-order valence-electron chi connectivity index (χ4n) is 1.34. The normalized spacial score (nSPS) is 12.8. The summed E-state index contributed by atoms with van der Waals surface area (Å²) in [5.74, 6) is -0.288. The Bertz CT molecular complexity index is 512. The third-order valence-electron chi connectivity index (χ3n) is 2.11. The number of alkyl halides is 1. The Kier molecular flexibility index (Phi) is 4.06. The molecular formula is C11H6Br2ClFS. The largest absolute Gasteiger partial charge is 0.207 e. The van der Waals surface area contributed by atoms with Gasteiger partial charge in [0.25, 0.3) is 0 Å². The molecule has 0 nitrogen and oxygen atoms in total. The second-order valence-corrected chi connectivity index (χ2v) is 6.32. The standard InChI is InChI=1S/C11H6Br2ClFS/c12-6-1-2-9(15)7(5-6)10(14)11-8(13)3-4-16-11/h1-5,10H. The SMILES string of the molecule is Fc1ccc(Br)cc1C(Cl)c1sccc1Br. The van der Waals surface area contributed by atoms with E-state index in [9.17, 15) is 4.39 Å². The Morgan fingerprint density at radius 3 is 2.62 bits per heavy atom. The molecule has 1 heterocycles. The van der Waals surface area contributed by atoms with E-state index < -0.39 is 5.38 Å². The predicted octanol–water partition coefficient (Wildman–Crippen LogP) is 5.74. The average molecular weight is 384 g/mol. The second kappa shape index (κ2) is 5.17. The van der Waals surface area contributed by atoms with Gasteiger partial charge in [0.05, 0.1) is 5.38 Å². The van der Waals surface area contributed by atoms with Gasteiger partial charge in [-0.3, -0.25) is 0 Å². The zero-order valence-corrected chi connectivity index (χ0v) is 12.6. The molecule has 0 spiro atoms. The highest BCUT2D eigenvalue weighted by atomic mass is 79.9. The molecule has 1 unspecified atom stereocenters. The fourth-order valence-corrected chi connectivity index (χ4v) is 3.88. The number of hydrogen-bond acceptors (Lipinski definition) is 1. The van der Waals surface area contributed by atoms with E-state index in [2.05, 4.69) is 31.9 Å². The lowest BCUT2D eigenvalue weighted by molar-refractivity contribution is 0.612. The highest BCUT2D eigenvalue weighted by Gasteiger charge is 2.19. The van der Waals surface area contributed by atoms with Gasteiger partial charge in [-0.2, -0.15) is 0 Å². The van der Waals surface area contributed by atoms with Gasteiger partial charge in [-0.15, -0.1) is 22.9 Å². The average Bonchev–Trinajstić information content (AvgIpc) is 2.67. The molecule has 16 heavy (non-hydrogen) atoms. The minimum atomic E-state index is -0.466. The maximum atomic E-state index is 13.6. The van der Waals surface area contributed by atoms with Crippen molar-refractivity contribution in [2.45, 2.75) is 5.38 Å². The van der Waals surface area contributed by atoms with Gasteiger partial charge >= 0.3 is 0 Å². The summed E-state index contributed by atoms with van der Waals surface area (Å²) in [4.78, 5) is 0.915. The molecule has 0 fully saturated rings. The van der Waals surface area contributed by atoms with Crippen LogP contribution in [0.2, 0.25) is 0 Å². The number of thiophene rings is 1. The van der Waals surface area contributed by atoms with Crippen LogP contribution < -0.4 is 0 Å². The first kappa shape index (κ1) is 12.6. The van der Waals surface area contributed by atoms with Crippen LogP contribution in [0.1, 0.15) is 15.8 Å². The van der Waals surface area contributed by atoms with Crippen LogP contribution in [0.5, 0.6) is 0 Å². The monoisotopic (exact) mass is 382 g/mol. The lowest BCUT2D eigenvalue weighted by atomic mass is 10.1. The summed E-state index contributed by atoms with van der Waals surface area (Å²) in [7, 11) is 0. The zero-order chi connectivity index (χ0) is 11.7. The van der Waals surface area contributed by atoms with E-state index in [-0.39, 0.29) is 5.82 Å². The van der Waals surface area contributed by atoms with Crippen molar-refractivity contribution in [2.75, 3.05) is 0 Å². The van der Waals surface area contributed by atoms with Crippen molar-refractivity contribution in [3.8, 4) is 0 Å². The molecule has 0 aliphatic carbocycles. The molecule has 84 valence electrons. The fraction of sp³-hybridized carbons (Fsp3) is 0.0909. The van der Waals surface area contributed by atoms with Crippen molar-refractivity contribution in [1.29, 1.82) is 0 Å². The maximum absolute atomic E-state index is 13.6. The number of benzene rings is 1. The van der Waals surface area contributed by atoms with Crippen LogP contribution in [0.25, 0.3) is 0 Å². The van der Waals surface area contributed by atoms with Gasteiger partial charge in [-0.1, -0.05) is 15.9 Å². The molecule has 0 bridgehead atoms. The zero-order valence-electron chi connectivity index (χ0n) is 7.88. The first-order valence-electron chi connectivity index (χ1n) is 4.41. The van der Waals surface area contributed by atoms with E-state index in [1.54, 1.807) is 12.1 Å². The van der Waals surface area contributed by atoms with Gasteiger partial charge in [0, 0.05) is 19.4 Å². The van der Waals surface area contributed by atoms with E-state index in [0.717, 1.165) is 13.8 Å². The smallest absolute Gasteiger partial charge is 0.128 e. The van der Waals surface area contributed by atoms with E-state index >= 15 is 0 Å². The third-order valence-corrected chi connectivity index (χ3v) is 5.12. The van der Waals surface area contributed by atoms with Crippen molar-refractivity contribution in [1.82, 2.24) is 0 Å². The summed E-state index contributed by atoms with van der Waals surface area (Å²) >= 11 is 14.5. The minimum Gasteiger partial charge on any atom is -0.207 e. The van der Waals surface area contributed by atoms with Gasteiger partial charge in [0.15, 0.2) is 0 Å². The Hall–Kier alpha value is 0.1000. The number of halogens is 4. The van der Waals surface area contributed by atoms with Crippen molar-refractivity contribution in [2.24, 2.45) is 0 Å². The molecule has 0 aliphatic heterocycles. The highest BCUT2D eigenvalue weighted by molar-refractivity contribution is 9.10. The van der Waals surface area contributed by atoms with Crippen LogP contribution in [0.3, 0.4) is 0 Å². The first-order chi connectivity index (χ1) is 7.59. The van der Waals surface area contributed by atoms with Crippen LogP contribution in [0.4, 0.5) is 4.39 Å². The summed E-state index contributed by atoms with van der Waals surface area (Å²) in [6.07, 6.45) is 0. The molecular weight excluding hydrogens is 378 g/mol. The molecule has 2 rings (SSSR count). The summed E-state index contributed by atoms with van der Waals surface area (Å²) in [5, 5.41) is 1.46. The summed E-state index contributed by atoms with van der Waals surface area (Å²) < 4.78 is 15.4. The van der Waals surface area contributed by atoms with E-state index in [4.69, 9.17) is 11.6 Å². The van der Waals surface area contributed by atoms with Crippen LogP contribution in [-0.2, 0) is 0 Å². The molecule has 0 radical (unpaired) electrons. The maximum Gasteiger partial charge on any atom is 0.128 e. The third kappa shape index (κ3) is 2.50. The Morgan fingerprint density at radius 1 is 1.25 bits per heavy atom. The van der Waals surface area contributed by atoms with Crippen molar-refractivity contribution in [3.63, 3.8) is 0 Å². The van der Waals surface area contributed by atoms with Crippen molar-refractivity contribution in [3.05, 3.63) is 54.8 Å². The topological polar surface area (TPSA) is 0 Å². The van der Waals surface area contributed by atoms with Crippen LogP contribution >= 0.6 is 54.8 Å². The Morgan fingerprint density at radius 2 is 2.00 bits per heavy atom. The predicted molar refractivity (Wildman–Crippen MR) is 73.8 cm³/mol. The Balaban J connectivity index is 2.45. The molecule has 5 heteroatoms. The molecule has 0 saturated heterocycles. The summed E-state index contributed by atoms with van der Waals surface area (Å²) in [6.45, 7) is 0. The molecule has 0 amide bonds. The molecule has 0 saturated carbocycles. The molecule has 2 aromatic rings. The molecule has 1 aromatic carbocycles. The summed E-state index contributed by atoms with van der Waals surface area (Å²) in [5.41, 5.74) is 0.485. The number of hydrogen-bond donors (Lipinski definition) is 0. The highest BCUT2D eigenvalue weighted by Crippen LogP contribution is 2.39. The van der Waals surface area contributed by atoms with E-state index in [0.29, 0.717) is 5.56 Å².